The molecule has 6 heterocycles. The molecule has 7 rings (SSSR count). The fourth-order valence-corrected chi connectivity index (χ4v) is 5.50. The van der Waals surface area contributed by atoms with E-state index in [9.17, 15) is 9.90 Å². The van der Waals surface area contributed by atoms with Crippen LogP contribution in [0.3, 0.4) is 0 Å². The van der Waals surface area contributed by atoms with E-state index in [1.54, 1.807) is 13.2 Å². The Morgan fingerprint density at radius 1 is 1.17 bits per heavy atom. The number of nitrogens with one attached hydrogen (secondary N) is 2. The summed E-state index contributed by atoms with van der Waals surface area (Å²) >= 11 is 0. The second-order valence-corrected chi connectivity index (χ2v) is 9.93. The number of hydrogen-bond acceptors (Lipinski definition) is 10. The van der Waals surface area contributed by atoms with Crippen molar-refractivity contribution in [1.82, 2.24) is 20.3 Å². The van der Waals surface area contributed by atoms with Gasteiger partial charge in [0.1, 0.15) is 12.3 Å². The lowest BCUT2D eigenvalue weighted by Crippen LogP contribution is -2.61. The number of aromatic hydroxyl groups is 1. The molecule has 36 heavy (non-hydrogen) atoms. The average molecular weight is 492 g/mol. The molecule has 1 aliphatic carbocycles. The Hall–Kier alpha value is -3.50. The summed E-state index contributed by atoms with van der Waals surface area (Å²) in [4.78, 5) is 24.9. The van der Waals surface area contributed by atoms with Gasteiger partial charge in [-0.25, -0.2) is 14.8 Å². The number of aromatic nitrogens is 3. The monoisotopic (exact) mass is 491 g/mol. The third kappa shape index (κ3) is 4.20. The lowest BCUT2D eigenvalue weighted by atomic mass is 9.69. The Balaban J connectivity index is 1.10. The molecule has 4 aliphatic rings. The highest BCUT2D eigenvalue weighted by molar-refractivity contribution is 5.82. The maximum absolute atomic E-state index is 11.5. The quantitative estimate of drug-likeness (QED) is 0.425. The standard InChI is InChI=1S/C26H29N5O5/c1-34-21-5-4-18-23(31-21)17(20(32)13-27-18)6-7-26-10-8-25(9-11-26,15-35-26)29-12-16-2-3-19-24(30-16)36-22(33)14-28-19/h2-5,13,28-29,32H,6-12,14-15H2,1H3. The molecule has 3 aromatic heterocycles. The molecule has 3 aromatic rings. The minimum atomic E-state index is -0.328. The van der Waals surface area contributed by atoms with E-state index in [1.165, 1.54) is 6.20 Å². The summed E-state index contributed by atoms with van der Waals surface area (Å²) < 4.78 is 17.0. The molecule has 10 nitrogen and oxygen atoms in total. The lowest BCUT2D eigenvalue weighted by molar-refractivity contribution is -0.165. The number of aryl methyl sites for hydroxylation is 1. The summed E-state index contributed by atoms with van der Waals surface area (Å²) in [6.07, 6.45) is 6.84. The number of esters is 1. The van der Waals surface area contributed by atoms with Gasteiger partial charge in [-0.1, -0.05) is 0 Å². The summed E-state index contributed by atoms with van der Waals surface area (Å²) in [6, 6.07) is 7.48. The molecule has 0 aromatic carbocycles. The van der Waals surface area contributed by atoms with E-state index in [0.717, 1.165) is 54.6 Å². The zero-order valence-corrected chi connectivity index (χ0v) is 20.2. The molecule has 0 spiro atoms. The van der Waals surface area contributed by atoms with E-state index in [4.69, 9.17) is 14.2 Å². The van der Waals surface area contributed by atoms with E-state index in [2.05, 4.69) is 25.6 Å². The third-order valence-corrected chi connectivity index (χ3v) is 7.78. The van der Waals surface area contributed by atoms with Crippen LogP contribution in [0.5, 0.6) is 17.5 Å². The maximum Gasteiger partial charge on any atom is 0.332 e. The van der Waals surface area contributed by atoms with E-state index in [-0.39, 0.29) is 29.4 Å². The highest BCUT2D eigenvalue weighted by Crippen LogP contribution is 2.46. The smallest absolute Gasteiger partial charge is 0.332 e. The molecule has 2 bridgehead atoms. The molecule has 188 valence electrons. The Morgan fingerprint density at radius 3 is 2.81 bits per heavy atom. The van der Waals surface area contributed by atoms with Crippen molar-refractivity contribution in [2.24, 2.45) is 0 Å². The number of fused-ring (bicyclic) bond motifs is 5. The van der Waals surface area contributed by atoms with Gasteiger partial charge in [-0.15, -0.1) is 0 Å². The van der Waals surface area contributed by atoms with Crippen LogP contribution in [0.25, 0.3) is 11.0 Å². The molecule has 10 heteroatoms. The molecule has 0 unspecified atom stereocenters. The Labute approximate surface area is 208 Å². The summed E-state index contributed by atoms with van der Waals surface area (Å²) in [5.41, 5.74) is 3.46. The van der Waals surface area contributed by atoms with Crippen molar-refractivity contribution in [3.8, 4) is 17.5 Å². The minimum absolute atomic E-state index is 0.0886. The SMILES string of the molecule is COc1ccc2ncc(O)c(CCC34CCC(NCc5ccc6c(n5)OC(=O)CN6)(CC3)CO4)c2n1. The molecule has 0 radical (unpaired) electrons. The van der Waals surface area contributed by atoms with Crippen molar-refractivity contribution in [2.75, 3.05) is 25.6 Å². The van der Waals surface area contributed by atoms with Crippen molar-refractivity contribution in [1.29, 1.82) is 0 Å². The minimum Gasteiger partial charge on any atom is -0.506 e. The molecular weight excluding hydrogens is 462 g/mol. The number of anilines is 1. The van der Waals surface area contributed by atoms with E-state index < -0.39 is 0 Å². The second kappa shape index (κ2) is 8.86. The van der Waals surface area contributed by atoms with Crippen LogP contribution < -0.4 is 20.1 Å². The van der Waals surface area contributed by atoms with Crippen molar-refractivity contribution in [3.63, 3.8) is 0 Å². The molecule has 1 saturated carbocycles. The predicted molar refractivity (Wildman–Crippen MR) is 131 cm³/mol. The van der Waals surface area contributed by atoms with Crippen molar-refractivity contribution in [2.45, 2.75) is 56.2 Å². The van der Waals surface area contributed by atoms with Crippen LogP contribution in [0.15, 0.2) is 30.5 Å². The number of hydrogen-bond donors (Lipinski definition) is 3. The average Bonchev–Trinajstić information content (AvgIpc) is 2.92. The first kappa shape index (κ1) is 22.9. The van der Waals surface area contributed by atoms with Crippen molar-refractivity contribution in [3.05, 3.63) is 41.7 Å². The predicted octanol–water partition coefficient (Wildman–Crippen LogP) is 2.87. The van der Waals surface area contributed by atoms with Gasteiger partial charge in [-0.2, -0.15) is 0 Å². The highest BCUT2D eigenvalue weighted by atomic mass is 16.5. The second-order valence-electron chi connectivity index (χ2n) is 9.93. The molecule has 3 aliphatic heterocycles. The highest BCUT2D eigenvalue weighted by Gasteiger charge is 2.49. The Bertz CT molecular complexity index is 1310. The first-order valence-electron chi connectivity index (χ1n) is 12.3. The van der Waals surface area contributed by atoms with E-state index in [0.29, 0.717) is 36.8 Å². The summed E-state index contributed by atoms with van der Waals surface area (Å²) in [6.45, 7) is 1.37. The molecule has 3 fully saturated rings. The van der Waals surface area contributed by atoms with Gasteiger partial charge in [0.2, 0.25) is 11.8 Å². The summed E-state index contributed by atoms with van der Waals surface area (Å²) in [5, 5.41) is 17.2. The van der Waals surface area contributed by atoms with Crippen LogP contribution in [0, 0.1) is 0 Å². The van der Waals surface area contributed by atoms with Gasteiger partial charge >= 0.3 is 5.97 Å². The van der Waals surface area contributed by atoms with Gasteiger partial charge in [0.25, 0.3) is 0 Å². The number of nitrogens with zero attached hydrogens (tertiary/aromatic N) is 3. The number of carbonyl (C=O) groups is 1. The molecule has 0 atom stereocenters. The van der Waals surface area contributed by atoms with Crippen LogP contribution in [0.4, 0.5) is 5.69 Å². The van der Waals surface area contributed by atoms with Crippen LogP contribution in [0.1, 0.15) is 43.4 Å². The first-order valence-corrected chi connectivity index (χ1v) is 12.3. The molecule has 2 saturated heterocycles. The normalized spacial score (nSPS) is 24.8. The van der Waals surface area contributed by atoms with Crippen molar-refractivity contribution < 1.29 is 24.1 Å². The molecular formula is C26H29N5O5. The number of carbonyl (C=O) groups excluding carboxylic acids is 1. The molecule has 0 amide bonds. The van der Waals surface area contributed by atoms with Crippen molar-refractivity contribution >= 4 is 22.7 Å². The van der Waals surface area contributed by atoms with Gasteiger partial charge in [-0.3, -0.25) is 4.98 Å². The summed E-state index contributed by atoms with van der Waals surface area (Å²) in [5.74, 6) is 0.663. The molecule has 3 N–H and O–H groups in total. The van der Waals surface area contributed by atoms with E-state index >= 15 is 0 Å². The van der Waals surface area contributed by atoms with Gasteiger partial charge in [0.05, 0.1) is 47.9 Å². The zero-order chi connectivity index (χ0) is 24.8. The van der Waals surface area contributed by atoms with Gasteiger partial charge in [0.15, 0.2) is 0 Å². The number of ether oxygens (including phenoxy) is 3. The van der Waals surface area contributed by atoms with E-state index in [1.807, 2.05) is 18.2 Å². The summed E-state index contributed by atoms with van der Waals surface area (Å²) in [7, 11) is 1.58. The number of rotatable bonds is 7. The zero-order valence-electron chi connectivity index (χ0n) is 20.2. The topological polar surface area (TPSA) is 128 Å². The lowest BCUT2D eigenvalue weighted by Gasteiger charge is -2.53. The van der Waals surface area contributed by atoms with Gasteiger partial charge in [0, 0.05) is 23.7 Å². The van der Waals surface area contributed by atoms with Gasteiger partial charge < -0.3 is 30.0 Å². The number of methoxy groups -OCH3 is 1. The van der Waals surface area contributed by atoms with Gasteiger partial charge in [-0.05, 0) is 56.7 Å². The largest absolute Gasteiger partial charge is 0.506 e. The van der Waals surface area contributed by atoms with Crippen LogP contribution in [-0.2, 0) is 22.5 Å². The van der Waals surface area contributed by atoms with Crippen LogP contribution >= 0.6 is 0 Å². The number of pyridine rings is 3. The third-order valence-electron chi connectivity index (χ3n) is 7.78. The Kier molecular flexibility index (Phi) is 5.65. The Morgan fingerprint density at radius 2 is 2.03 bits per heavy atom. The first-order chi connectivity index (χ1) is 17.5. The fraction of sp³-hybridized carbons (Fsp3) is 0.462. The fourth-order valence-electron chi connectivity index (χ4n) is 5.50. The maximum atomic E-state index is 11.5. The van der Waals surface area contributed by atoms with Crippen LogP contribution in [0.2, 0.25) is 0 Å². The van der Waals surface area contributed by atoms with Crippen LogP contribution in [-0.4, -0.2) is 57.4 Å².